The summed E-state index contributed by atoms with van der Waals surface area (Å²) in [7, 11) is 1.61. The number of H-pyrrole nitrogens is 2. The molecule has 2 aliphatic heterocycles. The van der Waals surface area contributed by atoms with Crippen LogP contribution in [0, 0.1) is 15.5 Å². The van der Waals surface area contributed by atoms with Crippen molar-refractivity contribution in [3.63, 3.8) is 0 Å². The van der Waals surface area contributed by atoms with Crippen molar-refractivity contribution in [3.8, 4) is 17.5 Å². The number of nitrogens with zero attached hydrogens (tertiary/aromatic N) is 4. The fourth-order valence-electron chi connectivity index (χ4n) is 9.93. The molecule has 54 heavy (non-hydrogen) atoms. The normalized spacial score (nSPS) is 20.9. The van der Waals surface area contributed by atoms with Crippen LogP contribution in [0.4, 0.5) is 0 Å². The van der Waals surface area contributed by atoms with Gasteiger partial charge in [-0.05, 0) is 86.2 Å². The van der Waals surface area contributed by atoms with Gasteiger partial charge in [0.05, 0.1) is 24.2 Å². The van der Waals surface area contributed by atoms with Crippen molar-refractivity contribution in [2.75, 3.05) is 20.2 Å². The van der Waals surface area contributed by atoms with Crippen LogP contribution in [0.5, 0.6) is 17.5 Å². The highest BCUT2D eigenvalue weighted by molar-refractivity contribution is 7.71. The summed E-state index contributed by atoms with van der Waals surface area (Å²) in [6.45, 7) is 2.73. The van der Waals surface area contributed by atoms with Crippen LogP contribution in [0.15, 0.2) is 50.8 Å². The average molecular weight is 773 g/mol. The number of benzene rings is 1. The number of rotatable bonds is 8. The number of aromatic amines is 2. The highest BCUT2D eigenvalue weighted by Gasteiger charge is 2.37. The summed E-state index contributed by atoms with van der Waals surface area (Å²) in [6, 6.07) is 10.8. The number of piperidine rings is 1. The first-order valence-corrected chi connectivity index (χ1v) is 20.2. The van der Waals surface area contributed by atoms with E-state index in [4.69, 9.17) is 29.2 Å². The molecule has 2 aliphatic carbocycles. The third-order valence-corrected chi connectivity index (χ3v) is 12.9. The molecule has 4 aliphatic rings. The number of nitrogens with one attached hydrogen (secondary N) is 2. The fraction of sp³-hybridized carbons (Fsp3) is 0.525. The molecule has 2 bridgehead atoms. The van der Waals surface area contributed by atoms with Gasteiger partial charge in [-0.25, -0.2) is 0 Å². The van der Waals surface area contributed by atoms with Gasteiger partial charge >= 0.3 is 0 Å². The Hall–Kier alpha value is -4.27. The zero-order valence-electron chi connectivity index (χ0n) is 30.6. The van der Waals surface area contributed by atoms with E-state index in [0.29, 0.717) is 30.3 Å². The number of aromatic nitrogens is 5. The third kappa shape index (κ3) is 6.70. The van der Waals surface area contributed by atoms with Crippen molar-refractivity contribution < 1.29 is 14.9 Å². The highest BCUT2D eigenvalue weighted by Crippen LogP contribution is 2.43. The Bertz CT molecular complexity index is 2270. The molecule has 3 fully saturated rings. The predicted molar refractivity (Wildman–Crippen MR) is 210 cm³/mol. The van der Waals surface area contributed by atoms with Gasteiger partial charge in [-0.2, -0.15) is 0 Å². The Balaban J connectivity index is 1.27. The molecule has 4 aromatic rings. The van der Waals surface area contributed by atoms with Crippen LogP contribution in [-0.2, 0) is 13.1 Å². The maximum Gasteiger partial charge on any atom is 0.259 e. The van der Waals surface area contributed by atoms with Gasteiger partial charge in [0.1, 0.15) is 5.75 Å². The van der Waals surface area contributed by atoms with Crippen LogP contribution in [0.2, 0.25) is 0 Å². The second kappa shape index (κ2) is 15.1. The van der Waals surface area contributed by atoms with Crippen molar-refractivity contribution in [2.45, 2.75) is 108 Å². The molecule has 14 heteroatoms. The quantitative estimate of drug-likeness (QED) is 0.147. The molecular formula is C40H48N6O6S2. The van der Waals surface area contributed by atoms with Gasteiger partial charge in [0.15, 0.2) is 9.54 Å². The maximum atomic E-state index is 14.1. The molecule has 2 atom stereocenters. The lowest BCUT2D eigenvalue weighted by atomic mass is 9.82. The van der Waals surface area contributed by atoms with Gasteiger partial charge in [-0.15, -0.1) is 0 Å². The van der Waals surface area contributed by atoms with E-state index >= 15 is 0 Å². The monoisotopic (exact) mass is 772 g/mol. The van der Waals surface area contributed by atoms with E-state index < -0.39 is 17.0 Å². The lowest BCUT2D eigenvalue weighted by Gasteiger charge is -2.43. The fourth-order valence-corrected chi connectivity index (χ4v) is 10.6. The van der Waals surface area contributed by atoms with Crippen molar-refractivity contribution in [1.29, 1.82) is 0 Å². The van der Waals surface area contributed by atoms with Gasteiger partial charge in [0, 0.05) is 61.5 Å². The second-order valence-corrected chi connectivity index (χ2v) is 16.5. The highest BCUT2D eigenvalue weighted by atomic mass is 32.1. The summed E-state index contributed by atoms with van der Waals surface area (Å²) in [5.74, 6) is -0.639. The SMILES string of the molecule is COc1ccc(C(c2c(O)n(C3CCCCC3)c(=S)[nH]c2=O)c2c(O)n(C3CCCCC3)c(=S)[nH]c2=O)cc1CN1CC2C[C@H](C1)c1cccc(=O)n1C2. The Morgan fingerprint density at radius 2 is 1.39 bits per heavy atom. The van der Waals surface area contributed by atoms with E-state index in [9.17, 15) is 24.6 Å². The van der Waals surface area contributed by atoms with Crippen LogP contribution in [0.25, 0.3) is 0 Å². The van der Waals surface area contributed by atoms with Crippen molar-refractivity contribution in [2.24, 2.45) is 5.92 Å². The first-order valence-electron chi connectivity index (χ1n) is 19.4. The lowest BCUT2D eigenvalue weighted by Crippen LogP contribution is -2.46. The van der Waals surface area contributed by atoms with Gasteiger partial charge in [-0.1, -0.05) is 50.7 Å². The minimum absolute atomic E-state index is 0.0373. The van der Waals surface area contributed by atoms with E-state index in [0.717, 1.165) is 95.0 Å². The van der Waals surface area contributed by atoms with Crippen LogP contribution in [-0.4, -0.2) is 59.0 Å². The number of pyridine rings is 1. The molecule has 1 unspecified atom stereocenters. The molecule has 286 valence electrons. The number of aromatic hydroxyl groups is 2. The number of fused-ring (bicyclic) bond motifs is 4. The lowest BCUT2D eigenvalue weighted by molar-refractivity contribution is 0.113. The minimum Gasteiger partial charge on any atom is -0.496 e. The Kier molecular flexibility index (Phi) is 10.3. The molecule has 0 spiro atoms. The number of ether oxygens (including phenoxy) is 1. The van der Waals surface area contributed by atoms with Crippen molar-refractivity contribution in [1.82, 2.24) is 28.6 Å². The Labute approximate surface area is 323 Å². The number of likely N-dealkylation sites (tertiary alicyclic amines) is 1. The van der Waals surface area contributed by atoms with Crippen LogP contribution in [0.1, 0.15) is 122 Å². The van der Waals surface area contributed by atoms with E-state index in [1.165, 1.54) is 0 Å². The summed E-state index contributed by atoms with van der Waals surface area (Å²) < 4.78 is 11.3. The van der Waals surface area contributed by atoms with Crippen LogP contribution in [0.3, 0.4) is 0 Å². The van der Waals surface area contributed by atoms with Crippen molar-refractivity contribution >= 4 is 24.4 Å². The minimum atomic E-state index is -1.18. The molecule has 0 amide bonds. The predicted octanol–water partition coefficient (Wildman–Crippen LogP) is 6.52. The molecule has 1 saturated heterocycles. The largest absolute Gasteiger partial charge is 0.496 e. The second-order valence-electron chi connectivity index (χ2n) is 15.7. The smallest absolute Gasteiger partial charge is 0.259 e. The Morgan fingerprint density at radius 3 is 1.96 bits per heavy atom. The molecule has 0 radical (unpaired) electrons. The zero-order valence-corrected chi connectivity index (χ0v) is 32.2. The summed E-state index contributed by atoms with van der Waals surface area (Å²) in [4.78, 5) is 49.0. The number of hydrogen-bond donors (Lipinski definition) is 4. The van der Waals surface area contributed by atoms with E-state index in [2.05, 4.69) is 14.9 Å². The molecule has 3 aromatic heterocycles. The maximum absolute atomic E-state index is 14.1. The van der Waals surface area contributed by atoms with Gasteiger partial charge in [0.25, 0.3) is 16.7 Å². The molecule has 5 heterocycles. The van der Waals surface area contributed by atoms with Crippen LogP contribution < -0.4 is 21.4 Å². The Morgan fingerprint density at radius 1 is 0.796 bits per heavy atom. The van der Waals surface area contributed by atoms with Crippen LogP contribution >= 0.6 is 24.4 Å². The molecule has 1 aromatic carbocycles. The standard InChI is InChI=1S/C40H48N6O6S2/c1-52-30-16-15-24(18-26(30)22-43-19-23-17-25(21-43)29-13-8-14-31(47)44(29)20-23)32(33-35(48)41-39(53)45(37(33)50)27-9-4-2-5-10-27)34-36(49)42-40(54)46(38(34)51)28-11-6-3-7-12-28/h8,13-16,18,23,25,27-28,32,50-51H,2-7,9-12,17,19-22H2,1H3,(H,41,48,53)(H,42,49,54)/t23?,25-/m1/s1. The van der Waals surface area contributed by atoms with Crippen molar-refractivity contribution in [3.05, 3.63) is 105 Å². The average Bonchev–Trinajstić information content (AvgIpc) is 3.15. The van der Waals surface area contributed by atoms with Gasteiger partial charge in [0.2, 0.25) is 11.8 Å². The summed E-state index contributed by atoms with van der Waals surface area (Å²) in [5, 5.41) is 24.3. The number of hydrogen-bond acceptors (Lipinski definition) is 9. The molecular weight excluding hydrogens is 725 g/mol. The topological polar surface area (TPSA) is 151 Å². The van der Waals surface area contributed by atoms with E-state index in [1.807, 2.05) is 28.8 Å². The van der Waals surface area contributed by atoms with E-state index in [1.54, 1.807) is 28.4 Å². The summed E-state index contributed by atoms with van der Waals surface area (Å²) in [5.41, 5.74) is 1.07. The third-order valence-electron chi connectivity index (χ3n) is 12.4. The zero-order chi connectivity index (χ0) is 37.7. The van der Waals surface area contributed by atoms with Gasteiger partial charge in [-0.3, -0.25) is 38.4 Å². The number of methoxy groups -OCH3 is 1. The van der Waals surface area contributed by atoms with E-state index in [-0.39, 0.29) is 56.0 Å². The first kappa shape index (κ1) is 36.7. The van der Waals surface area contributed by atoms with Gasteiger partial charge < -0.3 is 19.5 Å². The first-order chi connectivity index (χ1) is 26.1. The molecule has 4 N–H and O–H groups in total. The summed E-state index contributed by atoms with van der Waals surface area (Å²) in [6.07, 6.45) is 10.2. The summed E-state index contributed by atoms with van der Waals surface area (Å²) >= 11 is 11.3. The molecule has 8 rings (SSSR count). The molecule has 2 saturated carbocycles. The molecule has 12 nitrogen and oxygen atoms in total.